The summed E-state index contributed by atoms with van der Waals surface area (Å²) in [6, 6.07) is 39.6. The number of hydrogen-bond donors (Lipinski definition) is 0. The van der Waals surface area contributed by atoms with E-state index in [9.17, 15) is 0 Å². The maximum atomic E-state index is 6.05. The van der Waals surface area contributed by atoms with Gasteiger partial charge >= 0.3 is 0 Å². The van der Waals surface area contributed by atoms with Crippen molar-refractivity contribution >= 4 is 32.3 Å². The fourth-order valence-electron chi connectivity index (χ4n) is 7.98. The first kappa shape index (κ1) is 42.4. The summed E-state index contributed by atoms with van der Waals surface area (Å²) in [5.74, 6) is 16.2. The summed E-state index contributed by atoms with van der Waals surface area (Å²) in [6.45, 7) is 19.6. The molecule has 0 heterocycles. The van der Waals surface area contributed by atoms with Gasteiger partial charge in [-0.15, -0.1) is 0 Å². The van der Waals surface area contributed by atoms with Crippen molar-refractivity contribution in [2.24, 2.45) is 0 Å². The Hall–Kier alpha value is -5.70. The summed E-state index contributed by atoms with van der Waals surface area (Å²) in [4.78, 5) is 0. The van der Waals surface area contributed by atoms with Crippen molar-refractivity contribution in [3.63, 3.8) is 0 Å². The van der Waals surface area contributed by atoms with Gasteiger partial charge in [0.2, 0.25) is 0 Å². The molecule has 0 aliphatic rings. The Morgan fingerprint density at radius 3 is 1.18 bits per heavy atom. The Labute approximate surface area is 360 Å². The number of rotatable bonds is 13. The van der Waals surface area contributed by atoms with E-state index in [2.05, 4.69) is 164 Å². The van der Waals surface area contributed by atoms with Crippen LogP contribution in [0, 0.1) is 23.7 Å². The zero-order valence-electron chi connectivity index (χ0n) is 37.3. The second-order valence-electron chi connectivity index (χ2n) is 18.5. The van der Waals surface area contributed by atoms with Crippen molar-refractivity contribution in [3.05, 3.63) is 143 Å². The molecule has 0 radical (unpaired) electrons. The Bertz CT molecular complexity index is 2510. The molecule has 7 aromatic carbocycles. The van der Waals surface area contributed by atoms with E-state index < -0.39 is 0 Å². The van der Waals surface area contributed by atoms with E-state index in [0.29, 0.717) is 0 Å². The van der Waals surface area contributed by atoms with Gasteiger partial charge in [-0.3, -0.25) is 0 Å². The van der Waals surface area contributed by atoms with Gasteiger partial charge in [0.15, 0.2) is 0 Å². The molecule has 7 rings (SSSR count). The van der Waals surface area contributed by atoms with Gasteiger partial charge in [-0.1, -0.05) is 154 Å². The lowest BCUT2D eigenvalue weighted by Gasteiger charge is -2.23. The Balaban J connectivity index is 1.33. The van der Waals surface area contributed by atoms with Crippen LogP contribution in [0.1, 0.15) is 140 Å². The molecule has 0 saturated heterocycles. The topological polar surface area (TPSA) is 18.5 Å². The fraction of sp³-hybridized carbons (Fsp3) is 0.345. The fourth-order valence-corrected chi connectivity index (χ4v) is 7.98. The molecule has 7 aromatic rings. The molecular formula is C58H62O2. The first-order valence-corrected chi connectivity index (χ1v) is 22.3. The van der Waals surface area contributed by atoms with Crippen molar-refractivity contribution in [1.29, 1.82) is 0 Å². The van der Waals surface area contributed by atoms with E-state index in [-0.39, 0.29) is 10.8 Å². The minimum atomic E-state index is -0.114. The summed E-state index contributed by atoms with van der Waals surface area (Å²) in [6.07, 6.45) is 9.50. The predicted octanol–water partition coefficient (Wildman–Crippen LogP) is 15.6. The molecular weight excluding hydrogens is 729 g/mol. The number of hydrogen-bond acceptors (Lipinski definition) is 2. The number of unbranched alkanes of at least 4 members (excludes halogenated alkanes) is 6. The average Bonchev–Trinajstić information content (AvgIpc) is 3.23. The molecule has 0 unspecified atom stereocenters. The smallest absolute Gasteiger partial charge is 0.119 e. The van der Waals surface area contributed by atoms with Crippen LogP contribution in [0.5, 0.6) is 11.5 Å². The van der Waals surface area contributed by atoms with E-state index >= 15 is 0 Å². The second-order valence-corrected chi connectivity index (χ2v) is 18.5. The lowest BCUT2D eigenvalue weighted by Crippen LogP contribution is -2.12. The Morgan fingerprint density at radius 2 is 0.800 bits per heavy atom. The maximum absolute atomic E-state index is 6.05. The van der Waals surface area contributed by atoms with Crippen LogP contribution >= 0.6 is 0 Å². The van der Waals surface area contributed by atoms with Crippen LogP contribution in [0.4, 0.5) is 0 Å². The van der Waals surface area contributed by atoms with Crippen molar-refractivity contribution in [2.45, 2.75) is 118 Å². The van der Waals surface area contributed by atoms with Crippen molar-refractivity contribution in [3.8, 4) is 46.3 Å². The van der Waals surface area contributed by atoms with Gasteiger partial charge < -0.3 is 9.47 Å². The van der Waals surface area contributed by atoms with Gasteiger partial charge in [0.1, 0.15) is 11.5 Å². The minimum absolute atomic E-state index is 0.0686. The second kappa shape index (κ2) is 18.7. The molecule has 0 aliphatic carbocycles. The Kier molecular flexibility index (Phi) is 13.2. The largest absolute Gasteiger partial charge is 0.494 e. The van der Waals surface area contributed by atoms with Gasteiger partial charge in [0.25, 0.3) is 0 Å². The predicted molar refractivity (Wildman–Crippen MR) is 257 cm³/mol. The molecule has 60 heavy (non-hydrogen) atoms. The van der Waals surface area contributed by atoms with Gasteiger partial charge in [-0.05, 0) is 145 Å². The van der Waals surface area contributed by atoms with Crippen LogP contribution in [0.25, 0.3) is 43.4 Å². The molecule has 306 valence electrons. The standard InChI is InChI=1S/C58H62O2/c1-9-11-13-15-33-59-52-29-19-41(20-30-52)17-23-45-37-50(57(3,4)5)38-46(24-18-42-21-31-53(32-22-42)60-34-16-14-12-10-2)54(45)49-35-43-25-27-47-39-51(58(6,7)8)40-48-28-26-44(36-49)55(43)56(47)48/h19-22,25-32,35-40H,9-16,33-34H2,1-8H3. The molecule has 0 aliphatic heterocycles. The van der Waals surface area contributed by atoms with E-state index in [0.717, 1.165) is 70.9 Å². The van der Waals surface area contributed by atoms with Crippen LogP contribution in [0.15, 0.2) is 109 Å². The third kappa shape index (κ3) is 10.2. The van der Waals surface area contributed by atoms with Crippen LogP contribution < -0.4 is 9.47 Å². The van der Waals surface area contributed by atoms with Gasteiger partial charge in [-0.25, -0.2) is 0 Å². The van der Waals surface area contributed by atoms with Crippen molar-refractivity contribution < 1.29 is 9.47 Å². The highest BCUT2D eigenvalue weighted by molar-refractivity contribution is 6.24. The summed E-state index contributed by atoms with van der Waals surface area (Å²) in [5.41, 5.74) is 8.52. The van der Waals surface area contributed by atoms with E-state index in [4.69, 9.17) is 9.47 Å². The third-order valence-electron chi connectivity index (χ3n) is 11.6. The quantitative estimate of drug-likeness (QED) is 0.0658. The molecule has 0 saturated carbocycles. The molecule has 2 heteroatoms. The first-order chi connectivity index (χ1) is 28.9. The van der Waals surface area contributed by atoms with E-state index in [1.165, 1.54) is 82.0 Å². The van der Waals surface area contributed by atoms with E-state index in [1.807, 2.05) is 24.3 Å². The zero-order chi connectivity index (χ0) is 42.3. The Morgan fingerprint density at radius 1 is 0.417 bits per heavy atom. The van der Waals surface area contributed by atoms with Gasteiger partial charge in [0.05, 0.1) is 13.2 Å². The molecule has 0 amide bonds. The summed E-state index contributed by atoms with van der Waals surface area (Å²) in [5, 5.41) is 7.65. The minimum Gasteiger partial charge on any atom is -0.494 e. The number of benzene rings is 7. The monoisotopic (exact) mass is 790 g/mol. The molecule has 0 N–H and O–H groups in total. The lowest BCUT2D eigenvalue weighted by molar-refractivity contribution is 0.305. The van der Waals surface area contributed by atoms with E-state index in [1.54, 1.807) is 0 Å². The highest BCUT2D eigenvalue weighted by atomic mass is 16.5. The summed E-state index contributed by atoms with van der Waals surface area (Å²) >= 11 is 0. The summed E-state index contributed by atoms with van der Waals surface area (Å²) < 4.78 is 12.1. The molecule has 0 atom stereocenters. The first-order valence-electron chi connectivity index (χ1n) is 22.3. The van der Waals surface area contributed by atoms with Crippen LogP contribution in [-0.4, -0.2) is 13.2 Å². The highest BCUT2D eigenvalue weighted by Crippen LogP contribution is 2.41. The average molecular weight is 791 g/mol. The third-order valence-corrected chi connectivity index (χ3v) is 11.6. The lowest BCUT2D eigenvalue weighted by atomic mass is 9.81. The van der Waals surface area contributed by atoms with Crippen molar-refractivity contribution in [2.75, 3.05) is 13.2 Å². The molecule has 0 bridgehead atoms. The van der Waals surface area contributed by atoms with Crippen LogP contribution in [0.3, 0.4) is 0 Å². The molecule has 0 aromatic heterocycles. The highest BCUT2D eigenvalue weighted by Gasteiger charge is 2.21. The van der Waals surface area contributed by atoms with Crippen LogP contribution in [0.2, 0.25) is 0 Å². The normalized spacial score (nSPS) is 11.7. The van der Waals surface area contributed by atoms with Gasteiger partial charge in [-0.2, -0.15) is 0 Å². The SMILES string of the molecule is CCCCCCOc1ccc(C#Cc2cc(C(C)(C)C)cc(C#Cc3ccc(OCCCCCC)cc3)c2-c2cc3ccc4cc(C(C)(C)C)cc5ccc(c2)c3c45)cc1. The zero-order valence-corrected chi connectivity index (χ0v) is 37.3. The van der Waals surface area contributed by atoms with Gasteiger partial charge in [0, 0.05) is 27.8 Å². The summed E-state index contributed by atoms with van der Waals surface area (Å²) in [7, 11) is 0. The van der Waals surface area contributed by atoms with Crippen molar-refractivity contribution in [1.82, 2.24) is 0 Å². The maximum Gasteiger partial charge on any atom is 0.119 e. The molecule has 0 spiro atoms. The molecule has 2 nitrogen and oxygen atoms in total. The molecule has 0 fully saturated rings. The number of ether oxygens (including phenoxy) is 2. The van der Waals surface area contributed by atoms with Crippen LogP contribution in [-0.2, 0) is 10.8 Å².